The number of hydrogen-bond donors (Lipinski definition) is 1. The first-order valence-electron chi connectivity index (χ1n) is 7.33. The zero-order valence-corrected chi connectivity index (χ0v) is 12.4. The minimum Gasteiger partial charge on any atom is -0.483 e. The molecule has 1 aliphatic carbocycles. The number of rotatable bonds is 6. The quantitative estimate of drug-likeness (QED) is 0.876. The van der Waals surface area contributed by atoms with E-state index in [4.69, 9.17) is 9.15 Å². The van der Waals surface area contributed by atoms with E-state index in [1.165, 1.54) is 12.8 Å². The van der Waals surface area contributed by atoms with Crippen molar-refractivity contribution in [2.24, 2.45) is 0 Å². The van der Waals surface area contributed by atoms with E-state index in [1.807, 2.05) is 13.0 Å². The van der Waals surface area contributed by atoms with Gasteiger partial charge in [-0.15, -0.1) is 0 Å². The molecule has 3 nitrogen and oxygen atoms in total. The van der Waals surface area contributed by atoms with E-state index >= 15 is 0 Å². The Hall–Kier alpha value is -1.81. The Labute approximate surface area is 124 Å². The molecule has 0 unspecified atom stereocenters. The fourth-order valence-electron chi connectivity index (χ4n) is 2.26. The predicted octanol–water partition coefficient (Wildman–Crippen LogP) is 3.87. The van der Waals surface area contributed by atoms with Crippen LogP contribution >= 0.6 is 0 Å². The average Bonchev–Trinajstić information content (AvgIpc) is 3.22. The van der Waals surface area contributed by atoms with Gasteiger partial charge in [0.25, 0.3) is 0 Å². The van der Waals surface area contributed by atoms with Crippen molar-refractivity contribution >= 4 is 0 Å². The van der Waals surface area contributed by atoms with Crippen LogP contribution in [0.1, 0.15) is 35.5 Å². The van der Waals surface area contributed by atoms with Gasteiger partial charge >= 0.3 is 0 Å². The van der Waals surface area contributed by atoms with Crippen LogP contribution in [-0.2, 0) is 13.2 Å². The van der Waals surface area contributed by atoms with Gasteiger partial charge in [-0.25, -0.2) is 4.39 Å². The predicted molar refractivity (Wildman–Crippen MR) is 78.8 cm³/mol. The molecule has 21 heavy (non-hydrogen) atoms. The normalized spacial score (nSPS) is 14.4. The molecule has 1 heterocycles. The van der Waals surface area contributed by atoms with Crippen molar-refractivity contribution in [2.45, 2.75) is 45.9 Å². The van der Waals surface area contributed by atoms with E-state index in [2.05, 4.69) is 5.32 Å². The van der Waals surface area contributed by atoms with Crippen molar-refractivity contribution in [3.05, 3.63) is 52.7 Å². The van der Waals surface area contributed by atoms with Crippen molar-refractivity contribution in [2.75, 3.05) is 0 Å². The second-order valence-corrected chi connectivity index (χ2v) is 5.63. The van der Waals surface area contributed by atoms with Crippen LogP contribution in [0.5, 0.6) is 5.75 Å². The highest BCUT2D eigenvalue weighted by Gasteiger charge is 2.21. The molecule has 1 aliphatic rings. The Kier molecular flexibility index (Phi) is 3.97. The molecule has 0 spiro atoms. The minimum atomic E-state index is -0.309. The van der Waals surface area contributed by atoms with Crippen molar-refractivity contribution in [1.82, 2.24) is 5.32 Å². The van der Waals surface area contributed by atoms with E-state index in [-0.39, 0.29) is 18.2 Å². The minimum absolute atomic E-state index is 0.241. The third-order valence-electron chi connectivity index (χ3n) is 3.76. The van der Waals surface area contributed by atoms with Gasteiger partial charge in [0.15, 0.2) is 11.6 Å². The number of furan rings is 1. The van der Waals surface area contributed by atoms with Gasteiger partial charge in [0.2, 0.25) is 0 Å². The summed E-state index contributed by atoms with van der Waals surface area (Å²) < 4.78 is 25.0. The summed E-state index contributed by atoms with van der Waals surface area (Å²) in [5.41, 5.74) is 1.72. The molecule has 0 amide bonds. The van der Waals surface area contributed by atoms with Crippen molar-refractivity contribution in [3.8, 4) is 5.75 Å². The molecule has 0 radical (unpaired) electrons. The second kappa shape index (κ2) is 5.90. The lowest BCUT2D eigenvalue weighted by Gasteiger charge is -2.06. The van der Waals surface area contributed by atoms with Crippen molar-refractivity contribution in [3.63, 3.8) is 0 Å². The maximum atomic E-state index is 13.8. The lowest BCUT2D eigenvalue weighted by atomic mass is 10.2. The molecule has 1 aromatic carbocycles. The van der Waals surface area contributed by atoms with Crippen molar-refractivity contribution in [1.29, 1.82) is 0 Å². The summed E-state index contributed by atoms with van der Waals surface area (Å²) in [4.78, 5) is 0. The third-order valence-corrected chi connectivity index (χ3v) is 3.76. The highest BCUT2D eigenvalue weighted by atomic mass is 19.1. The largest absolute Gasteiger partial charge is 0.483 e. The van der Waals surface area contributed by atoms with E-state index in [0.29, 0.717) is 11.6 Å². The van der Waals surface area contributed by atoms with Crippen LogP contribution in [0.4, 0.5) is 4.39 Å². The fourth-order valence-corrected chi connectivity index (χ4v) is 2.26. The first kappa shape index (κ1) is 14.1. The van der Waals surface area contributed by atoms with Gasteiger partial charge in [-0.3, -0.25) is 0 Å². The van der Waals surface area contributed by atoms with Crippen LogP contribution < -0.4 is 10.1 Å². The van der Waals surface area contributed by atoms with Crippen LogP contribution in [0.25, 0.3) is 0 Å². The second-order valence-electron chi connectivity index (χ2n) is 5.63. The lowest BCUT2D eigenvalue weighted by molar-refractivity contribution is 0.256. The number of ether oxygens (including phenoxy) is 1. The molecule has 112 valence electrons. The number of benzene rings is 1. The molecule has 1 fully saturated rings. The number of nitrogens with one attached hydrogen (secondary N) is 1. The highest BCUT2D eigenvalue weighted by molar-refractivity contribution is 5.30. The summed E-state index contributed by atoms with van der Waals surface area (Å²) in [6.07, 6.45) is 2.53. The molecule has 0 saturated heterocycles. The zero-order valence-electron chi connectivity index (χ0n) is 12.4. The molecule has 2 aromatic rings. The first-order valence-corrected chi connectivity index (χ1v) is 7.33. The van der Waals surface area contributed by atoms with E-state index < -0.39 is 0 Å². The molecule has 3 rings (SSSR count). The first-order chi connectivity index (χ1) is 10.1. The summed E-state index contributed by atoms with van der Waals surface area (Å²) in [6.45, 7) is 4.73. The Balaban J connectivity index is 1.62. The molecule has 4 heteroatoms. The fraction of sp³-hybridized carbons (Fsp3) is 0.412. The van der Waals surface area contributed by atoms with Gasteiger partial charge in [-0.1, -0.05) is 12.1 Å². The van der Waals surface area contributed by atoms with Crippen LogP contribution in [0.3, 0.4) is 0 Å². The molecular weight excluding hydrogens is 269 g/mol. The van der Waals surface area contributed by atoms with Gasteiger partial charge in [-0.05, 0) is 44.4 Å². The average molecular weight is 289 g/mol. The van der Waals surface area contributed by atoms with E-state index in [1.54, 1.807) is 25.1 Å². The van der Waals surface area contributed by atoms with E-state index in [9.17, 15) is 4.39 Å². The molecule has 0 atom stereocenters. The molecule has 1 saturated carbocycles. The lowest BCUT2D eigenvalue weighted by Crippen LogP contribution is -2.15. The highest BCUT2D eigenvalue weighted by Crippen LogP contribution is 2.23. The maximum Gasteiger partial charge on any atom is 0.167 e. The maximum absolute atomic E-state index is 13.8. The topological polar surface area (TPSA) is 34.4 Å². The Morgan fingerprint density at radius 3 is 2.90 bits per heavy atom. The van der Waals surface area contributed by atoms with E-state index in [0.717, 1.165) is 23.6 Å². The third kappa shape index (κ3) is 3.45. The van der Waals surface area contributed by atoms with Gasteiger partial charge < -0.3 is 14.5 Å². The van der Waals surface area contributed by atoms with Crippen LogP contribution in [0, 0.1) is 19.7 Å². The molecule has 0 bridgehead atoms. The monoisotopic (exact) mass is 289 g/mol. The number of aryl methyl sites for hydroxylation is 2. The number of hydrogen-bond acceptors (Lipinski definition) is 3. The molecule has 0 aliphatic heterocycles. The number of halogens is 1. The van der Waals surface area contributed by atoms with Gasteiger partial charge in [0, 0.05) is 18.2 Å². The van der Waals surface area contributed by atoms with Crippen molar-refractivity contribution < 1.29 is 13.5 Å². The Bertz CT molecular complexity index is 632. The summed E-state index contributed by atoms with van der Waals surface area (Å²) in [5, 5.41) is 3.46. The van der Waals surface area contributed by atoms with Gasteiger partial charge in [0.05, 0.1) is 0 Å². The van der Waals surface area contributed by atoms with Crippen LogP contribution in [0.15, 0.2) is 28.7 Å². The van der Waals surface area contributed by atoms with Gasteiger partial charge in [0.1, 0.15) is 18.1 Å². The van der Waals surface area contributed by atoms with Gasteiger partial charge in [-0.2, -0.15) is 0 Å². The van der Waals surface area contributed by atoms with Crippen LogP contribution in [0.2, 0.25) is 0 Å². The van der Waals surface area contributed by atoms with Crippen LogP contribution in [-0.4, -0.2) is 6.04 Å². The standard InChI is InChI=1S/C17H20FNO2/c1-11-4-3-5-16(17(11)18)20-10-15-8-13(12(2)21-15)9-19-14-6-7-14/h3-5,8,14,19H,6-7,9-10H2,1-2H3. The summed E-state index contributed by atoms with van der Waals surface area (Å²) in [5.74, 6) is 1.57. The summed E-state index contributed by atoms with van der Waals surface area (Å²) in [7, 11) is 0. The Morgan fingerprint density at radius 2 is 2.14 bits per heavy atom. The zero-order chi connectivity index (χ0) is 14.8. The molecule has 1 N–H and O–H groups in total. The Morgan fingerprint density at radius 1 is 1.33 bits per heavy atom. The SMILES string of the molecule is Cc1cccc(OCc2cc(CNC3CC3)c(C)o2)c1F. The molecular formula is C17H20FNO2. The summed E-state index contributed by atoms with van der Waals surface area (Å²) >= 11 is 0. The molecule has 1 aromatic heterocycles. The smallest absolute Gasteiger partial charge is 0.167 e. The summed E-state index contributed by atoms with van der Waals surface area (Å²) in [6, 6.07) is 7.79.